The Hall–Kier alpha value is -15.4. The van der Waals surface area contributed by atoms with Gasteiger partial charge in [-0.3, -0.25) is 72.4 Å². The van der Waals surface area contributed by atoms with Crippen LogP contribution in [-0.2, 0) is 87.7 Å². The Labute approximate surface area is 745 Å². The molecule has 7 aromatic carbocycles. The zero-order valence-corrected chi connectivity index (χ0v) is 70.5. The van der Waals surface area contributed by atoms with Crippen molar-refractivity contribution in [2.24, 2.45) is 5.73 Å². The van der Waals surface area contributed by atoms with Crippen molar-refractivity contribution in [3.05, 3.63) is 224 Å². The van der Waals surface area contributed by atoms with Crippen LogP contribution in [0.25, 0.3) is 22.8 Å². The van der Waals surface area contributed by atoms with E-state index in [1.165, 1.54) is 120 Å². The van der Waals surface area contributed by atoms with E-state index < -0.39 is 161 Å². The molecule has 132 heavy (non-hydrogen) atoms. The predicted octanol–water partition coefficient (Wildman–Crippen LogP) is 4.12. The number of nitrogens with zero attached hydrogens (tertiary/aromatic N) is 8. The minimum Gasteiger partial charge on any atom is -0.467 e. The van der Waals surface area contributed by atoms with E-state index in [0.717, 1.165) is 63.6 Å². The third kappa shape index (κ3) is 22.3. The predicted molar refractivity (Wildman–Crippen MR) is 454 cm³/mol. The van der Waals surface area contributed by atoms with Crippen molar-refractivity contribution < 1.29 is 128 Å². The molecule has 44 heteroatoms. The largest absolute Gasteiger partial charge is 0.467 e. The molecule has 0 spiro atoms. The van der Waals surface area contributed by atoms with Crippen LogP contribution in [-0.4, -0.2) is 256 Å². The molecule has 41 nitrogen and oxygen atoms in total. The second kappa shape index (κ2) is 42.2. The number of carbonyl (C=O) groups is 13. The smallest absolute Gasteiger partial charge is 0.439 e. The number of H-pyrrole nitrogens is 2. The molecule has 2 aromatic heterocycles. The highest BCUT2D eigenvalue weighted by molar-refractivity contribution is 6.09. The lowest BCUT2D eigenvalue weighted by molar-refractivity contribution is -0.167. The molecule has 9 amide bonds. The molecule has 6 saturated heterocycles. The number of nitrogens with one attached hydrogen (secondary N) is 6. The van der Waals surface area contributed by atoms with Gasteiger partial charge in [-0.05, 0) is 171 Å². The van der Waals surface area contributed by atoms with Crippen LogP contribution in [0.5, 0.6) is 0 Å². The van der Waals surface area contributed by atoms with Crippen molar-refractivity contribution >= 4 is 117 Å². The number of methoxy groups -OCH3 is 2. The molecule has 8 heterocycles. The highest BCUT2D eigenvalue weighted by Crippen LogP contribution is 2.34. The summed E-state index contributed by atoms with van der Waals surface area (Å²) in [6, 6.07) is 34.9. The number of nitrogens with two attached hydrogens (primary N) is 1. The molecule has 6 aliphatic heterocycles. The number of aromatic amines is 2. The number of morpholine rings is 3. The van der Waals surface area contributed by atoms with E-state index in [1.54, 1.807) is 0 Å². The second-order valence-electron chi connectivity index (χ2n) is 30.5. The van der Waals surface area contributed by atoms with Gasteiger partial charge < -0.3 is 94.5 Å². The molecule has 15 rings (SSSR count). The number of hydrogen-bond donors (Lipinski definition) is 9. The van der Waals surface area contributed by atoms with Gasteiger partial charge in [0.2, 0.25) is 6.10 Å². The maximum atomic E-state index is 15.1. The van der Waals surface area contributed by atoms with Crippen molar-refractivity contribution in [3.63, 3.8) is 0 Å². The summed E-state index contributed by atoms with van der Waals surface area (Å²) >= 11 is 0. The normalized spacial score (nSPS) is 19.0. The minimum absolute atomic E-state index is 0.00233. The first kappa shape index (κ1) is 94.2. The van der Waals surface area contributed by atoms with Gasteiger partial charge in [-0.1, -0.05) is 40.6 Å². The summed E-state index contributed by atoms with van der Waals surface area (Å²) in [7, 11) is 2.45. The number of anilines is 6. The summed E-state index contributed by atoms with van der Waals surface area (Å²) in [6.45, 7) is 1.55. The Morgan fingerprint density at radius 3 is 1.19 bits per heavy atom. The fourth-order valence-electron chi connectivity index (χ4n) is 15.4. The number of hydrogen-bond acceptors (Lipinski definition) is 29. The minimum atomic E-state index is -1.92. The van der Waals surface area contributed by atoms with Gasteiger partial charge in [-0.15, -0.1) is 0 Å². The molecule has 0 aliphatic carbocycles. The summed E-state index contributed by atoms with van der Waals surface area (Å²) in [5.41, 5.74) is 8.27. The van der Waals surface area contributed by atoms with Crippen LogP contribution in [0.15, 0.2) is 176 Å². The SMILES string of the molecule is CC(=O)O[C@@H](C(=O)Nc1ccc(-c2noc(=O)[nH]2)cc1)[C@H]1OCCN(c2cc(F)cc(C(=O)N3CCC[C@H]3C(=O)OCc3ccccc3)c2)C1=O.COC(=O)[C@@H]1CCCN1C(=O)c1cc(F)cc(N2CCO[C@H]([C@@H](O)C(=O)Nc3ccc(-c4noc(=O)[nH]4)cc3)C2=O)c1.COC(=O)[C@@H]1CCCN1C(=O)c1cc(F)cc(N2CCO[C@H]([C@@H](O)C(=O)Nc3ccc(C(=N)N)cc3)C2=O)c1. The summed E-state index contributed by atoms with van der Waals surface area (Å²) in [5, 5.41) is 43.4. The number of amidine groups is 1. The molecule has 6 aliphatic rings. The van der Waals surface area contributed by atoms with Crippen LogP contribution in [0, 0.1) is 22.9 Å². The lowest BCUT2D eigenvalue weighted by atomic mass is 10.1. The molecule has 0 bridgehead atoms. The van der Waals surface area contributed by atoms with Crippen molar-refractivity contribution in [2.75, 3.05) is 104 Å². The van der Waals surface area contributed by atoms with Crippen LogP contribution in [0.2, 0.25) is 0 Å². The standard InChI is InChI=1S/C35H32FN5O10.C27H26FN5O9.C26H28FN5O7/c1-20(42)50-28(31(43)37-25-11-9-22(10-12-25)30-38-35(47)51-39-30)29-33(45)40(14-15-48-29)26-17-23(16-24(36)18-26)32(44)41-13-5-8-27(41)34(46)49-19-21-6-3-2-4-7-21;1-40-26(38)19-3-2-8-33(19)24(36)15-11-16(28)13-18(12-15)32-9-10-41-21(25(32)37)20(34)23(35)29-17-6-4-14(5-7-17)22-30-27(39)42-31-22;1-38-26(37)19-3-2-8-32(19)24(35)15-11-16(27)13-18(12-15)31-9-10-39-21(25(31)36)20(33)23(34)30-17-6-4-14(5-7-17)22(28)29/h2-4,6-7,9-12,16-18,27-29H,5,8,13-15,19H2,1H3,(H,37,43)(H,38,39,47);4-7,11-13,19-21,34H,2-3,8-10H2,1H3,(H,29,35)(H,30,31,39);4-7,11-13,19-21,33H,2-3,8-10H2,1H3,(H3,28,29)(H,30,34)/t27-,28+,29+;2*19-,20+,21+/m000/s1. The average Bonchev–Trinajstić information content (AvgIpc) is 1.19. The first-order chi connectivity index (χ1) is 63.3. The van der Waals surface area contributed by atoms with Crippen LogP contribution in [0.3, 0.4) is 0 Å². The van der Waals surface area contributed by atoms with Gasteiger partial charge in [-0.25, -0.2) is 37.1 Å². The highest BCUT2D eigenvalue weighted by Gasteiger charge is 2.47. The molecular weight excluding hydrogens is 1740 g/mol. The fourth-order valence-corrected chi connectivity index (χ4v) is 15.4. The van der Waals surface area contributed by atoms with Crippen LogP contribution >= 0.6 is 0 Å². The Bertz CT molecular complexity index is 6000. The van der Waals surface area contributed by atoms with Crippen molar-refractivity contribution in [1.82, 2.24) is 35.0 Å². The van der Waals surface area contributed by atoms with Gasteiger partial charge in [0.1, 0.15) is 48.0 Å². The fraction of sp³-hybridized carbons (Fsp3) is 0.318. The number of aromatic nitrogens is 4. The van der Waals surface area contributed by atoms with Crippen molar-refractivity contribution in [3.8, 4) is 22.8 Å². The third-order valence-electron chi connectivity index (χ3n) is 21.8. The number of likely N-dealkylation sites (tertiary alicyclic amines) is 3. The third-order valence-corrected chi connectivity index (χ3v) is 21.8. The van der Waals surface area contributed by atoms with Crippen molar-refractivity contribution in [2.45, 2.75) is 107 Å². The van der Waals surface area contributed by atoms with Crippen molar-refractivity contribution in [1.29, 1.82) is 5.41 Å². The van der Waals surface area contributed by atoms with Gasteiger partial charge in [0.15, 0.2) is 42.2 Å². The Morgan fingerprint density at radius 1 is 0.477 bits per heavy atom. The van der Waals surface area contributed by atoms with E-state index >= 15 is 4.39 Å². The molecule has 9 atom stereocenters. The Kier molecular flexibility index (Phi) is 30.1. The molecule has 9 aromatic rings. The number of ether oxygens (including phenoxy) is 7. The molecule has 0 radical (unpaired) electrons. The molecule has 690 valence electrons. The van der Waals surface area contributed by atoms with E-state index in [4.69, 9.17) is 44.3 Å². The molecular formula is C88H86F3N15O26. The van der Waals surface area contributed by atoms with E-state index in [-0.39, 0.29) is 122 Å². The zero-order chi connectivity index (χ0) is 94.3. The summed E-state index contributed by atoms with van der Waals surface area (Å²) < 4.78 is 90.0. The number of rotatable bonds is 24. The number of carbonyl (C=O) groups excluding carboxylic acids is 13. The summed E-state index contributed by atoms with van der Waals surface area (Å²) in [5.74, 6) is -13.2. The number of aliphatic hydroxyl groups is 2. The number of amides is 9. The molecule has 0 saturated carbocycles. The van der Waals surface area contributed by atoms with Gasteiger partial charge in [0, 0.05) is 114 Å². The first-order valence-corrected chi connectivity index (χ1v) is 41.1. The number of esters is 4. The molecule has 0 unspecified atom stereocenters. The maximum absolute atomic E-state index is 15.1. The van der Waals surface area contributed by atoms with Crippen LogP contribution in [0.1, 0.15) is 87.6 Å². The van der Waals surface area contributed by atoms with Gasteiger partial charge in [-0.2, -0.15) is 0 Å². The monoisotopic (exact) mass is 1830 g/mol. The average molecular weight is 1830 g/mol. The molecule has 10 N–H and O–H groups in total. The van der Waals surface area contributed by atoms with Gasteiger partial charge >= 0.3 is 35.4 Å². The quantitative estimate of drug-likeness (QED) is 0.0178. The zero-order valence-electron chi connectivity index (χ0n) is 70.5. The number of halogens is 3. The number of aliphatic hydroxyl groups excluding tert-OH is 2. The lowest BCUT2D eigenvalue weighted by Gasteiger charge is -2.35. The van der Waals surface area contributed by atoms with E-state index in [1.807, 2.05) is 30.3 Å². The van der Waals surface area contributed by atoms with E-state index in [0.29, 0.717) is 67.4 Å². The summed E-state index contributed by atoms with van der Waals surface area (Å²) in [4.78, 5) is 203. The van der Waals surface area contributed by atoms with Gasteiger partial charge in [0.05, 0.1) is 34.0 Å². The van der Waals surface area contributed by atoms with Gasteiger partial charge in [0.25, 0.3) is 53.2 Å². The van der Waals surface area contributed by atoms with E-state index in [9.17, 15) is 90.9 Å². The lowest BCUT2D eigenvalue weighted by Crippen LogP contribution is -2.56. The number of nitrogen functional groups attached to an aromatic ring is 1. The highest BCUT2D eigenvalue weighted by atomic mass is 19.1. The van der Waals surface area contributed by atoms with Crippen LogP contribution in [0.4, 0.5) is 47.3 Å². The topological polar surface area (TPSA) is 550 Å². The second-order valence-corrected chi connectivity index (χ2v) is 30.5. The molecule has 6 fully saturated rings. The maximum Gasteiger partial charge on any atom is 0.439 e. The van der Waals surface area contributed by atoms with Crippen LogP contribution < -0.4 is 47.9 Å². The number of benzene rings is 7. The van der Waals surface area contributed by atoms with E-state index in [2.05, 4.69) is 45.3 Å². The Morgan fingerprint density at radius 2 is 0.833 bits per heavy atom. The summed E-state index contributed by atoms with van der Waals surface area (Å²) in [6.07, 6.45) is -7.48. The Balaban J connectivity index is 0.000000170. The first-order valence-electron chi connectivity index (χ1n) is 41.1.